The Balaban J connectivity index is 3.06. The third-order valence-corrected chi connectivity index (χ3v) is 3.40. The van der Waals surface area contributed by atoms with Crippen LogP contribution in [0.5, 0.6) is 0 Å². The summed E-state index contributed by atoms with van der Waals surface area (Å²) in [6.07, 6.45) is 1.40. The van der Waals surface area contributed by atoms with Crippen LogP contribution in [0.4, 0.5) is 17.1 Å². The Labute approximate surface area is 119 Å². The lowest BCUT2D eigenvalue weighted by molar-refractivity contribution is -0.384. The molecule has 6 nitrogen and oxygen atoms in total. The van der Waals surface area contributed by atoms with E-state index in [1.807, 2.05) is 26.8 Å². The topological polar surface area (TPSA) is 87.4 Å². The number of nitrogens with zero attached hydrogens (tertiary/aromatic N) is 1. The van der Waals surface area contributed by atoms with Gasteiger partial charge in [0, 0.05) is 42.2 Å². The zero-order chi connectivity index (χ0) is 15.2. The smallest absolute Gasteiger partial charge is 0.273 e. The van der Waals surface area contributed by atoms with Crippen LogP contribution in [-0.4, -0.2) is 28.7 Å². The Hall–Kier alpha value is -1.82. The molecule has 0 aliphatic rings. The highest BCUT2D eigenvalue weighted by Gasteiger charge is 2.22. The Kier molecular flexibility index (Phi) is 5.76. The molecule has 3 N–H and O–H groups in total. The molecule has 0 bridgehead atoms. The molecule has 0 spiro atoms. The van der Waals surface area contributed by atoms with Gasteiger partial charge in [-0.05, 0) is 32.8 Å². The lowest BCUT2D eigenvalue weighted by Crippen LogP contribution is -2.35. The predicted octanol–water partition coefficient (Wildman–Crippen LogP) is 2.99. The highest BCUT2D eigenvalue weighted by Crippen LogP contribution is 2.28. The third kappa shape index (κ3) is 4.38. The van der Waals surface area contributed by atoms with E-state index in [2.05, 4.69) is 10.6 Å². The zero-order valence-electron chi connectivity index (χ0n) is 12.3. The van der Waals surface area contributed by atoms with Crippen molar-refractivity contribution < 1.29 is 10.0 Å². The molecule has 1 atom stereocenters. The van der Waals surface area contributed by atoms with Gasteiger partial charge in [0.15, 0.2) is 0 Å². The van der Waals surface area contributed by atoms with Crippen molar-refractivity contribution in [2.24, 2.45) is 0 Å². The highest BCUT2D eigenvalue weighted by atomic mass is 16.6. The Morgan fingerprint density at radius 1 is 1.30 bits per heavy atom. The maximum absolute atomic E-state index is 11.0. The predicted molar refractivity (Wildman–Crippen MR) is 81.3 cm³/mol. The van der Waals surface area contributed by atoms with Crippen molar-refractivity contribution in [3.8, 4) is 0 Å². The van der Waals surface area contributed by atoms with Crippen LogP contribution in [-0.2, 0) is 0 Å². The molecule has 20 heavy (non-hydrogen) atoms. The van der Waals surface area contributed by atoms with Crippen molar-refractivity contribution in [2.75, 3.05) is 23.8 Å². The van der Waals surface area contributed by atoms with Crippen molar-refractivity contribution in [1.82, 2.24) is 0 Å². The average molecular weight is 281 g/mol. The fraction of sp³-hybridized carbons (Fsp3) is 0.571. The van der Waals surface area contributed by atoms with Gasteiger partial charge in [0.05, 0.1) is 4.92 Å². The van der Waals surface area contributed by atoms with Gasteiger partial charge in [-0.2, -0.15) is 0 Å². The second kappa shape index (κ2) is 7.09. The van der Waals surface area contributed by atoms with E-state index in [9.17, 15) is 10.1 Å². The largest absolute Gasteiger partial charge is 0.396 e. The average Bonchev–Trinajstić information content (AvgIpc) is 2.39. The number of aliphatic hydroxyl groups is 1. The summed E-state index contributed by atoms with van der Waals surface area (Å²) in [6, 6.07) is 4.89. The normalized spacial score (nSPS) is 13.6. The van der Waals surface area contributed by atoms with Crippen LogP contribution >= 0.6 is 0 Å². The van der Waals surface area contributed by atoms with Crippen molar-refractivity contribution in [3.05, 3.63) is 28.3 Å². The first-order valence-electron chi connectivity index (χ1n) is 6.86. The number of anilines is 2. The van der Waals surface area contributed by atoms with E-state index in [4.69, 9.17) is 5.11 Å². The molecule has 0 amide bonds. The molecule has 0 aromatic heterocycles. The number of nitro benzene ring substituents is 1. The maximum atomic E-state index is 11.0. The molecule has 0 saturated carbocycles. The third-order valence-electron chi connectivity index (χ3n) is 3.40. The number of hydrogen-bond acceptors (Lipinski definition) is 5. The van der Waals surface area contributed by atoms with Crippen molar-refractivity contribution in [1.29, 1.82) is 0 Å². The van der Waals surface area contributed by atoms with Crippen molar-refractivity contribution >= 4 is 17.1 Å². The monoisotopic (exact) mass is 281 g/mol. The summed E-state index contributed by atoms with van der Waals surface area (Å²) < 4.78 is 0. The minimum atomic E-state index is -0.401. The van der Waals surface area contributed by atoms with Gasteiger partial charge in [-0.15, -0.1) is 0 Å². The zero-order valence-corrected chi connectivity index (χ0v) is 12.3. The van der Waals surface area contributed by atoms with E-state index >= 15 is 0 Å². The van der Waals surface area contributed by atoms with Crippen LogP contribution in [0.2, 0.25) is 0 Å². The van der Waals surface area contributed by atoms with E-state index in [0.29, 0.717) is 24.3 Å². The summed E-state index contributed by atoms with van der Waals surface area (Å²) in [5.74, 6) is 0. The van der Waals surface area contributed by atoms with Gasteiger partial charge < -0.3 is 15.7 Å². The van der Waals surface area contributed by atoms with Gasteiger partial charge in [-0.25, -0.2) is 0 Å². The van der Waals surface area contributed by atoms with Gasteiger partial charge in [-0.3, -0.25) is 10.1 Å². The number of benzene rings is 1. The van der Waals surface area contributed by atoms with Crippen LogP contribution in [0, 0.1) is 10.1 Å². The highest BCUT2D eigenvalue weighted by molar-refractivity contribution is 5.64. The van der Waals surface area contributed by atoms with Gasteiger partial charge in [0.2, 0.25) is 0 Å². The van der Waals surface area contributed by atoms with Crippen LogP contribution in [0.25, 0.3) is 0 Å². The molecule has 0 fully saturated rings. The van der Waals surface area contributed by atoms with E-state index in [0.717, 1.165) is 6.42 Å². The Bertz CT molecular complexity index is 465. The number of aliphatic hydroxyl groups excluding tert-OH is 1. The van der Waals surface area contributed by atoms with E-state index < -0.39 is 4.92 Å². The van der Waals surface area contributed by atoms with Crippen LogP contribution in [0.3, 0.4) is 0 Å². The summed E-state index contributed by atoms with van der Waals surface area (Å²) in [4.78, 5) is 10.6. The minimum Gasteiger partial charge on any atom is -0.396 e. The number of non-ortho nitro benzene ring substituents is 1. The number of rotatable bonds is 8. The summed E-state index contributed by atoms with van der Waals surface area (Å²) in [5, 5.41) is 26.5. The fourth-order valence-corrected chi connectivity index (χ4v) is 2.02. The Morgan fingerprint density at radius 3 is 2.45 bits per heavy atom. The standard InChI is InChI=1S/C14H23N3O3/c1-4-14(3,6-7-18)16-12-8-11(15-5-2)9-13(10-12)17(19)20/h8-10,15-16,18H,4-7H2,1-3H3. The summed E-state index contributed by atoms with van der Waals surface area (Å²) in [5.41, 5.74) is 1.17. The molecule has 1 aromatic rings. The second-order valence-electron chi connectivity index (χ2n) is 5.07. The molecule has 0 heterocycles. The summed E-state index contributed by atoms with van der Waals surface area (Å²) in [6.45, 7) is 6.72. The first-order chi connectivity index (χ1) is 9.44. The molecule has 1 rings (SSSR count). The van der Waals surface area contributed by atoms with Gasteiger partial charge in [0.1, 0.15) is 0 Å². The number of nitrogens with one attached hydrogen (secondary N) is 2. The lowest BCUT2D eigenvalue weighted by Gasteiger charge is -2.30. The van der Waals surface area contributed by atoms with Crippen molar-refractivity contribution in [3.63, 3.8) is 0 Å². The molecular weight excluding hydrogens is 258 g/mol. The van der Waals surface area contributed by atoms with Crippen LogP contribution in [0.15, 0.2) is 18.2 Å². The van der Waals surface area contributed by atoms with Gasteiger partial charge in [-0.1, -0.05) is 6.92 Å². The molecule has 112 valence electrons. The molecule has 1 unspecified atom stereocenters. The summed E-state index contributed by atoms with van der Waals surface area (Å²) in [7, 11) is 0. The lowest BCUT2D eigenvalue weighted by atomic mass is 9.94. The summed E-state index contributed by atoms with van der Waals surface area (Å²) >= 11 is 0. The molecule has 0 radical (unpaired) electrons. The maximum Gasteiger partial charge on any atom is 0.273 e. The van der Waals surface area contributed by atoms with E-state index in [1.165, 1.54) is 12.1 Å². The quantitative estimate of drug-likeness (QED) is 0.503. The molecule has 0 aliphatic heterocycles. The molecule has 0 saturated heterocycles. The van der Waals surface area contributed by atoms with E-state index in [1.54, 1.807) is 0 Å². The van der Waals surface area contributed by atoms with Gasteiger partial charge in [0.25, 0.3) is 5.69 Å². The van der Waals surface area contributed by atoms with Crippen LogP contribution in [0.1, 0.15) is 33.6 Å². The molecule has 1 aromatic carbocycles. The first kappa shape index (κ1) is 16.2. The minimum absolute atomic E-state index is 0.0494. The fourth-order valence-electron chi connectivity index (χ4n) is 2.02. The molecule has 6 heteroatoms. The first-order valence-corrected chi connectivity index (χ1v) is 6.86. The SMILES string of the molecule is CCNc1cc(NC(C)(CC)CCO)cc([N+](=O)[O-])c1. The van der Waals surface area contributed by atoms with E-state index in [-0.39, 0.29) is 17.8 Å². The molecule has 0 aliphatic carbocycles. The number of nitro groups is 1. The van der Waals surface area contributed by atoms with Crippen LogP contribution < -0.4 is 10.6 Å². The van der Waals surface area contributed by atoms with Crippen molar-refractivity contribution in [2.45, 2.75) is 39.2 Å². The number of hydrogen-bond donors (Lipinski definition) is 3. The van der Waals surface area contributed by atoms with Gasteiger partial charge >= 0.3 is 0 Å². The molecular formula is C14H23N3O3. The second-order valence-corrected chi connectivity index (χ2v) is 5.07. The Morgan fingerprint density at radius 2 is 1.95 bits per heavy atom.